The third-order valence-corrected chi connectivity index (χ3v) is 3.79. The summed E-state index contributed by atoms with van der Waals surface area (Å²) >= 11 is 4.49. The summed E-state index contributed by atoms with van der Waals surface area (Å²) in [6, 6.07) is 0. The Balaban J connectivity index is 2.37. The zero-order chi connectivity index (χ0) is 12.4. The fourth-order valence-electron chi connectivity index (χ4n) is 1.59. The van der Waals surface area contributed by atoms with Crippen LogP contribution in [0.1, 0.15) is 35.7 Å². The first-order chi connectivity index (χ1) is 8.15. The average Bonchev–Trinajstić information content (AvgIpc) is 2.86. The third-order valence-electron chi connectivity index (χ3n) is 2.41. The monoisotopic (exact) mass is 317 g/mol. The smallest absolute Gasteiger partial charge is 0.154 e. The quantitative estimate of drug-likeness (QED) is 0.923. The van der Waals surface area contributed by atoms with Gasteiger partial charge in [0.15, 0.2) is 4.60 Å². The highest BCUT2D eigenvalue weighted by atomic mass is 79.9. The molecule has 2 heterocycles. The second kappa shape index (κ2) is 5.19. The summed E-state index contributed by atoms with van der Waals surface area (Å²) < 4.78 is 5.99. The molecule has 0 aromatic carbocycles. The van der Waals surface area contributed by atoms with Crippen molar-refractivity contribution in [1.29, 1.82) is 0 Å². The largest absolute Gasteiger partial charge is 0.381 e. The first-order valence-electron chi connectivity index (χ1n) is 5.19. The van der Waals surface area contributed by atoms with E-state index in [1.807, 2.05) is 0 Å². The Morgan fingerprint density at radius 3 is 2.82 bits per heavy atom. The predicted molar refractivity (Wildman–Crippen MR) is 66.7 cm³/mol. The van der Waals surface area contributed by atoms with E-state index in [1.54, 1.807) is 11.7 Å². The molecule has 17 heavy (non-hydrogen) atoms. The van der Waals surface area contributed by atoms with Crippen LogP contribution in [0.25, 0.3) is 0 Å². The van der Waals surface area contributed by atoms with Crippen LogP contribution in [-0.2, 0) is 13.5 Å². The molecular weight excluding hydrogens is 306 g/mol. The molecule has 0 aliphatic carbocycles. The fraction of sp³-hybridized carbons (Fsp3) is 0.556. The number of aromatic nitrogens is 5. The lowest BCUT2D eigenvalue weighted by Gasteiger charge is -2.09. The Labute approximate surface area is 111 Å². The molecule has 0 bridgehead atoms. The molecule has 0 aliphatic heterocycles. The van der Waals surface area contributed by atoms with E-state index in [2.05, 4.69) is 42.8 Å². The van der Waals surface area contributed by atoms with Crippen molar-refractivity contribution in [1.82, 2.24) is 24.6 Å². The maximum atomic E-state index is 10.3. The van der Waals surface area contributed by atoms with E-state index in [9.17, 15) is 5.11 Å². The normalized spacial score (nSPS) is 12.9. The van der Waals surface area contributed by atoms with E-state index in [0.29, 0.717) is 10.3 Å². The topological polar surface area (TPSA) is 76.7 Å². The van der Waals surface area contributed by atoms with Crippen LogP contribution in [0.3, 0.4) is 0 Å². The maximum absolute atomic E-state index is 10.3. The number of nitrogens with zero attached hydrogens (tertiary/aromatic N) is 5. The number of aryl methyl sites for hydroxylation is 2. The maximum Gasteiger partial charge on any atom is 0.154 e. The van der Waals surface area contributed by atoms with E-state index < -0.39 is 6.10 Å². The first kappa shape index (κ1) is 12.6. The van der Waals surface area contributed by atoms with Gasteiger partial charge in [0.05, 0.1) is 10.6 Å². The lowest BCUT2D eigenvalue weighted by Crippen LogP contribution is -2.08. The summed E-state index contributed by atoms with van der Waals surface area (Å²) in [7, 11) is 1.74. The number of hydrogen-bond acceptors (Lipinski definition) is 6. The van der Waals surface area contributed by atoms with Gasteiger partial charge in [-0.3, -0.25) is 0 Å². The molecule has 92 valence electrons. The molecule has 8 heteroatoms. The summed E-state index contributed by atoms with van der Waals surface area (Å²) in [6.07, 6.45) is 0.993. The number of hydrogen-bond donors (Lipinski definition) is 1. The molecule has 6 nitrogen and oxygen atoms in total. The number of aliphatic hydroxyl groups is 1. The molecule has 1 N–H and O–H groups in total. The SMILES string of the molecule is CCCc1nnsc1C(O)c1c(Br)nnn1C. The lowest BCUT2D eigenvalue weighted by molar-refractivity contribution is 0.211. The molecule has 0 saturated carbocycles. The van der Waals surface area contributed by atoms with Gasteiger partial charge in [-0.05, 0) is 33.9 Å². The van der Waals surface area contributed by atoms with Crippen molar-refractivity contribution >= 4 is 27.5 Å². The van der Waals surface area contributed by atoms with Gasteiger partial charge in [-0.1, -0.05) is 23.0 Å². The molecule has 0 spiro atoms. The van der Waals surface area contributed by atoms with E-state index in [1.165, 1.54) is 11.5 Å². The minimum Gasteiger partial charge on any atom is -0.381 e. The second-order valence-electron chi connectivity index (χ2n) is 3.63. The molecule has 2 aromatic rings. The van der Waals surface area contributed by atoms with Crippen molar-refractivity contribution in [2.24, 2.45) is 7.05 Å². The van der Waals surface area contributed by atoms with Gasteiger partial charge in [0, 0.05) is 7.05 Å². The minimum atomic E-state index is -0.786. The van der Waals surface area contributed by atoms with Crippen molar-refractivity contribution in [2.75, 3.05) is 0 Å². The Hall–Kier alpha value is -0.860. The van der Waals surface area contributed by atoms with Crippen LogP contribution in [-0.4, -0.2) is 29.7 Å². The van der Waals surface area contributed by atoms with Crippen molar-refractivity contribution in [3.63, 3.8) is 0 Å². The number of halogens is 1. The van der Waals surface area contributed by atoms with Gasteiger partial charge in [0.25, 0.3) is 0 Å². The lowest BCUT2D eigenvalue weighted by atomic mass is 10.1. The Morgan fingerprint density at radius 1 is 1.47 bits per heavy atom. The van der Waals surface area contributed by atoms with Gasteiger partial charge in [0.2, 0.25) is 0 Å². The van der Waals surface area contributed by atoms with Crippen LogP contribution in [0.4, 0.5) is 0 Å². The molecule has 1 unspecified atom stereocenters. The van der Waals surface area contributed by atoms with Crippen LogP contribution in [0.15, 0.2) is 4.60 Å². The van der Waals surface area contributed by atoms with Crippen LogP contribution < -0.4 is 0 Å². The molecular formula is C9H12BrN5OS. The fourth-order valence-corrected chi connectivity index (χ4v) is 2.82. The summed E-state index contributed by atoms with van der Waals surface area (Å²) in [6.45, 7) is 2.07. The van der Waals surface area contributed by atoms with Crippen LogP contribution in [0, 0.1) is 0 Å². The third kappa shape index (κ3) is 2.38. The Morgan fingerprint density at radius 2 is 2.24 bits per heavy atom. The van der Waals surface area contributed by atoms with Gasteiger partial charge in [-0.2, -0.15) is 0 Å². The van der Waals surface area contributed by atoms with E-state index >= 15 is 0 Å². The standard InChI is InChI=1S/C9H12BrN5OS/c1-3-4-5-8(17-14-11-5)7(16)6-9(10)12-13-15(6)2/h7,16H,3-4H2,1-2H3. The van der Waals surface area contributed by atoms with E-state index in [4.69, 9.17) is 0 Å². The number of aliphatic hydroxyl groups excluding tert-OH is 1. The highest BCUT2D eigenvalue weighted by molar-refractivity contribution is 9.10. The zero-order valence-electron chi connectivity index (χ0n) is 9.46. The van der Waals surface area contributed by atoms with Crippen molar-refractivity contribution in [2.45, 2.75) is 25.9 Å². The van der Waals surface area contributed by atoms with Gasteiger partial charge in [-0.15, -0.1) is 10.2 Å². The van der Waals surface area contributed by atoms with Gasteiger partial charge in [0.1, 0.15) is 11.8 Å². The Bertz CT molecular complexity index is 492. The van der Waals surface area contributed by atoms with Gasteiger partial charge in [-0.25, -0.2) is 4.68 Å². The highest BCUT2D eigenvalue weighted by Crippen LogP contribution is 2.30. The molecule has 2 aromatic heterocycles. The molecule has 2 rings (SSSR count). The van der Waals surface area contributed by atoms with E-state index in [0.717, 1.165) is 23.4 Å². The average molecular weight is 318 g/mol. The van der Waals surface area contributed by atoms with Crippen molar-refractivity contribution in [3.05, 3.63) is 20.9 Å². The summed E-state index contributed by atoms with van der Waals surface area (Å²) in [5.74, 6) is 0. The molecule has 0 aliphatic rings. The molecule has 0 radical (unpaired) electrons. The summed E-state index contributed by atoms with van der Waals surface area (Å²) in [5, 5.41) is 22.1. The Kier molecular flexibility index (Phi) is 3.85. The molecule has 0 fully saturated rings. The van der Waals surface area contributed by atoms with Crippen LogP contribution in [0.2, 0.25) is 0 Å². The summed E-state index contributed by atoms with van der Waals surface area (Å²) in [5.41, 5.74) is 1.46. The highest BCUT2D eigenvalue weighted by Gasteiger charge is 2.24. The van der Waals surface area contributed by atoms with Crippen molar-refractivity contribution < 1.29 is 5.11 Å². The van der Waals surface area contributed by atoms with Gasteiger partial charge >= 0.3 is 0 Å². The van der Waals surface area contributed by atoms with Crippen molar-refractivity contribution in [3.8, 4) is 0 Å². The molecule has 0 amide bonds. The van der Waals surface area contributed by atoms with Crippen LogP contribution >= 0.6 is 27.5 Å². The molecule has 0 saturated heterocycles. The van der Waals surface area contributed by atoms with Crippen LogP contribution in [0.5, 0.6) is 0 Å². The van der Waals surface area contributed by atoms with E-state index in [-0.39, 0.29) is 0 Å². The predicted octanol–water partition coefficient (Wildman–Crippen LogP) is 1.46. The zero-order valence-corrected chi connectivity index (χ0v) is 11.9. The molecule has 1 atom stereocenters. The minimum absolute atomic E-state index is 0.545. The first-order valence-corrected chi connectivity index (χ1v) is 6.76. The number of rotatable bonds is 4. The van der Waals surface area contributed by atoms with Gasteiger partial charge < -0.3 is 5.11 Å². The second-order valence-corrected chi connectivity index (χ2v) is 5.16. The summed E-state index contributed by atoms with van der Waals surface area (Å²) in [4.78, 5) is 0.762.